The predicted octanol–water partition coefficient (Wildman–Crippen LogP) is 5.16. The van der Waals surface area contributed by atoms with Gasteiger partial charge >= 0.3 is 0 Å². The van der Waals surface area contributed by atoms with E-state index in [1.54, 1.807) is 13.1 Å². The minimum absolute atomic E-state index is 0.00295. The van der Waals surface area contributed by atoms with Crippen LogP contribution < -0.4 is 4.74 Å². The molecule has 0 aliphatic carbocycles. The van der Waals surface area contributed by atoms with Crippen LogP contribution in [0, 0.1) is 0 Å². The van der Waals surface area contributed by atoms with Gasteiger partial charge in [-0.1, -0.05) is 30.3 Å². The van der Waals surface area contributed by atoms with Crippen LogP contribution in [0.15, 0.2) is 72.9 Å². The molecule has 3 aromatic heterocycles. The second-order valence-electron chi connectivity index (χ2n) is 7.24. The summed E-state index contributed by atoms with van der Waals surface area (Å²) < 4.78 is 7.36. The number of aromatic hydroxyl groups is 2. The molecule has 0 aliphatic heterocycles. The Kier molecular flexibility index (Phi) is 4.25. The van der Waals surface area contributed by atoms with Crippen molar-refractivity contribution >= 4 is 10.9 Å². The monoisotopic (exact) mass is 399 g/mol. The lowest BCUT2D eigenvalue weighted by molar-refractivity contribution is 0.306. The highest BCUT2D eigenvalue weighted by Crippen LogP contribution is 2.44. The number of nitrogens with zero attached hydrogens (tertiary/aromatic N) is 1. The topological polar surface area (TPSA) is 86.2 Å². The first-order valence-corrected chi connectivity index (χ1v) is 9.66. The molecule has 0 aliphatic rings. The van der Waals surface area contributed by atoms with Gasteiger partial charge in [0.25, 0.3) is 0 Å². The van der Waals surface area contributed by atoms with E-state index in [9.17, 15) is 10.2 Å². The normalized spacial score (nSPS) is 11.2. The maximum Gasteiger partial charge on any atom is 0.201 e. The highest BCUT2D eigenvalue weighted by atomic mass is 16.5. The SMILES string of the molecule is Cn1c(O)cc(-c2c(-c3ccc[nH]3)[nH]c3ccc(OCc4ccccc4)cc23)c1O. The lowest BCUT2D eigenvalue weighted by Gasteiger charge is -2.07. The van der Waals surface area contributed by atoms with Gasteiger partial charge in [0.1, 0.15) is 12.4 Å². The van der Waals surface area contributed by atoms with E-state index in [-0.39, 0.29) is 11.8 Å². The van der Waals surface area contributed by atoms with E-state index >= 15 is 0 Å². The summed E-state index contributed by atoms with van der Waals surface area (Å²) in [5.74, 6) is 0.715. The number of hydrogen-bond donors (Lipinski definition) is 4. The van der Waals surface area contributed by atoms with Crippen LogP contribution in [0.25, 0.3) is 33.4 Å². The summed E-state index contributed by atoms with van der Waals surface area (Å²) in [7, 11) is 1.62. The van der Waals surface area contributed by atoms with Gasteiger partial charge in [-0.2, -0.15) is 0 Å². The first-order chi connectivity index (χ1) is 14.6. The fourth-order valence-corrected chi connectivity index (χ4v) is 3.73. The molecule has 6 nitrogen and oxygen atoms in total. The van der Waals surface area contributed by atoms with Crippen LogP contribution in [0.2, 0.25) is 0 Å². The number of fused-ring (bicyclic) bond motifs is 1. The summed E-state index contributed by atoms with van der Waals surface area (Å²) in [6, 6.07) is 21.3. The average Bonchev–Trinajstić information content (AvgIpc) is 3.48. The third-order valence-electron chi connectivity index (χ3n) is 5.33. The Balaban J connectivity index is 1.64. The highest BCUT2D eigenvalue weighted by molar-refractivity contribution is 6.05. The van der Waals surface area contributed by atoms with Crippen molar-refractivity contribution in [2.45, 2.75) is 6.61 Å². The standard InChI is InChI=1S/C24H21N3O3/c1-27-21(28)13-18(24(27)29)22-17-12-16(30-14-15-6-3-2-4-7-15)9-10-19(17)26-23(22)20-8-5-11-25-20/h2-13,25-26,28-29H,14H2,1H3. The van der Waals surface area contributed by atoms with E-state index in [0.29, 0.717) is 12.2 Å². The van der Waals surface area contributed by atoms with Gasteiger partial charge < -0.3 is 24.9 Å². The Bertz CT molecular complexity index is 1320. The van der Waals surface area contributed by atoms with Gasteiger partial charge in [-0.25, -0.2) is 0 Å². The second-order valence-corrected chi connectivity index (χ2v) is 7.24. The molecule has 5 aromatic rings. The van der Waals surface area contributed by atoms with E-state index in [1.807, 2.05) is 66.9 Å². The molecule has 2 aromatic carbocycles. The minimum Gasteiger partial charge on any atom is -0.494 e. The van der Waals surface area contributed by atoms with Crippen molar-refractivity contribution in [3.8, 4) is 40.0 Å². The lowest BCUT2D eigenvalue weighted by Crippen LogP contribution is -1.94. The van der Waals surface area contributed by atoms with Gasteiger partial charge in [0, 0.05) is 35.8 Å². The molecule has 0 saturated carbocycles. The zero-order valence-electron chi connectivity index (χ0n) is 16.4. The fraction of sp³-hybridized carbons (Fsp3) is 0.0833. The number of aromatic nitrogens is 3. The quantitative estimate of drug-likeness (QED) is 0.329. The molecule has 0 fully saturated rings. The van der Waals surface area contributed by atoms with Crippen LogP contribution in [0.3, 0.4) is 0 Å². The Morgan fingerprint density at radius 2 is 1.80 bits per heavy atom. The van der Waals surface area contributed by atoms with E-state index in [2.05, 4.69) is 9.97 Å². The van der Waals surface area contributed by atoms with Gasteiger partial charge in [-0.3, -0.25) is 4.57 Å². The number of nitrogens with one attached hydrogen (secondary N) is 2. The number of H-pyrrole nitrogens is 2. The number of benzene rings is 2. The van der Waals surface area contributed by atoms with Crippen molar-refractivity contribution in [3.63, 3.8) is 0 Å². The smallest absolute Gasteiger partial charge is 0.201 e. The zero-order chi connectivity index (χ0) is 20.7. The van der Waals surface area contributed by atoms with Gasteiger partial charge in [0.15, 0.2) is 5.88 Å². The third kappa shape index (κ3) is 2.99. The van der Waals surface area contributed by atoms with Crippen molar-refractivity contribution in [1.82, 2.24) is 14.5 Å². The van der Waals surface area contributed by atoms with Crippen molar-refractivity contribution in [3.05, 3.63) is 78.5 Å². The molecule has 0 radical (unpaired) electrons. The molecule has 0 amide bonds. The average molecular weight is 399 g/mol. The molecule has 30 heavy (non-hydrogen) atoms. The summed E-state index contributed by atoms with van der Waals surface area (Å²) in [4.78, 5) is 6.65. The second kappa shape index (κ2) is 7.08. The van der Waals surface area contributed by atoms with Crippen LogP contribution in [-0.2, 0) is 13.7 Å². The van der Waals surface area contributed by atoms with Crippen LogP contribution in [0.5, 0.6) is 17.5 Å². The van der Waals surface area contributed by atoms with Crippen LogP contribution >= 0.6 is 0 Å². The van der Waals surface area contributed by atoms with Crippen molar-refractivity contribution in [2.75, 3.05) is 0 Å². The first kappa shape index (κ1) is 18.0. The number of hydrogen-bond acceptors (Lipinski definition) is 3. The summed E-state index contributed by atoms with van der Waals surface area (Å²) in [6.45, 7) is 0.465. The van der Waals surface area contributed by atoms with E-state index in [0.717, 1.165) is 39.2 Å². The summed E-state index contributed by atoms with van der Waals surface area (Å²) >= 11 is 0. The molecule has 5 rings (SSSR count). The minimum atomic E-state index is -0.00855. The Morgan fingerprint density at radius 3 is 2.50 bits per heavy atom. The number of ether oxygens (including phenoxy) is 1. The van der Waals surface area contributed by atoms with Crippen molar-refractivity contribution in [1.29, 1.82) is 0 Å². The zero-order valence-corrected chi connectivity index (χ0v) is 16.4. The van der Waals surface area contributed by atoms with Gasteiger partial charge in [0.05, 0.1) is 17.0 Å². The van der Waals surface area contributed by atoms with Crippen LogP contribution in [0.1, 0.15) is 5.56 Å². The molecule has 0 saturated heterocycles. The molecule has 150 valence electrons. The fourth-order valence-electron chi connectivity index (χ4n) is 3.73. The molecule has 0 spiro atoms. The Morgan fingerprint density at radius 1 is 0.967 bits per heavy atom. The summed E-state index contributed by atoms with van der Waals surface area (Å²) in [6.07, 6.45) is 1.85. The Hall–Kier alpha value is -4.06. The molecule has 3 heterocycles. The predicted molar refractivity (Wildman–Crippen MR) is 117 cm³/mol. The first-order valence-electron chi connectivity index (χ1n) is 9.66. The van der Waals surface area contributed by atoms with Gasteiger partial charge in [-0.15, -0.1) is 0 Å². The molecule has 4 N–H and O–H groups in total. The van der Waals surface area contributed by atoms with E-state index < -0.39 is 0 Å². The molecular formula is C24H21N3O3. The Labute approximate surface area is 173 Å². The number of aromatic amines is 2. The van der Waals surface area contributed by atoms with Crippen molar-refractivity contribution < 1.29 is 14.9 Å². The van der Waals surface area contributed by atoms with Crippen LogP contribution in [0.4, 0.5) is 0 Å². The molecule has 0 bridgehead atoms. The molecular weight excluding hydrogens is 378 g/mol. The third-order valence-corrected chi connectivity index (χ3v) is 5.33. The van der Waals surface area contributed by atoms with Gasteiger partial charge in [0.2, 0.25) is 5.88 Å². The van der Waals surface area contributed by atoms with Gasteiger partial charge in [-0.05, 0) is 35.9 Å². The van der Waals surface area contributed by atoms with Crippen molar-refractivity contribution in [2.24, 2.45) is 7.05 Å². The molecule has 0 unspecified atom stereocenters. The molecule has 6 heteroatoms. The lowest BCUT2D eigenvalue weighted by atomic mass is 10.0. The summed E-state index contributed by atoms with van der Waals surface area (Å²) in [5, 5.41) is 21.7. The van der Waals surface area contributed by atoms with E-state index in [1.165, 1.54) is 4.57 Å². The number of rotatable bonds is 5. The largest absolute Gasteiger partial charge is 0.494 e. The highest BCUT2D eigenvalue weighted by Gasteiger charge is 2.22. The maximum absolute atomic E-state index is 10.6. The molecule has 0 atom stereocenters. The summed E-state index contributed by atoms with van der Waals surface area (Å²) in [5.41, 5.74) is 5.05. The van der Waals surface area contributed by atoms with Crippen LogP contribution in [-0.4, -0.2) is 24.7 Å². The van der Waals surface area contributed by atoms with E-state index in [4.69, 9.17) is 4.74 Å². The maximum atomic E-state index is 10.6.